The van der Waals surface area contributed by atoms with Gasteiger partial charge in [0.25, 0.3) is 10.0 Å². The van der Waals surface area contributed by atoms with E-state index < -0.39 is 10.0 Å². The largest absolute Gasteiger partial charge is 0.308 e. The number of benzene rings is 2. The molecule has 0 unspecified atom stereocenters. The Morgan fingerprint density at radius 1 is 1.16 bits per heavy atom. The number of sulfonamides is 1. The van der Waals surface area contributed by atoms with Crippen LogP contribution in [0.5, 0.6) is 0 Å². The minimum Gasteiger partial charge on any atom is -0.299 e. The van der Waals surface area contributed by atoms with Crippen molar-refractivity contribution in [2.45, 2.75) is 38.1 Å². The third kappa shape index (κ3) is 3.34. The molecule has 0 spiro atoms. The summed E-state index contributed by atoms with van der Waals surface area (Å²) in [5, 5.41) is 0. The molecular formula is C18H20N2O3S2. The van der Waals surface area contributed by atoms with E-state index in [0.717, 1.165) is 22.4 Å². The van der Waals surface area contributed by atoms with Gasteiger partial charge >= 0.3 is 4.87 Å². The maximum Gasteiger partial charge on any atom is 0.308 e. The Morgan fingerprint density at radius 3 is 2.56 bits per heavy atom. The summed E-state index contributed by atoms with van der Waals surface area (Å²) in [7, 11) is -3.73. The molecule has 1 heterocycles. The SMILES string of the molecule is CCn1c(=O)sc2cc(S(=O)(=O)Nc3ccccc3C(C)C)ccc21. The van der Waals surface area contributed by atoms with E-state index >= 15 is 0 Å². The van der Waals surface area contributed by atoms with Crippen LogP contribution in [-0.2, 0) is 16.6 Å². The van der Waals surface area contributed by atoms with Crippen LogP contribution in [0.3, 0.4) is 0 Å². The summed E-state index contributed by atoms with van der Waals surface area (Å²) < 4.78 is 30.6. The molecule has 0 fully saturated rings. The van der Waals surface area contributed by atoms with Gasteiger partial charge in [-0.1, -0.05) is 43.4 Å². The van der Waals surface area contributed by atoms with Crippen LogP contribution >= 0.6 is 11.3 Å². The van der Waals surface area contributed by atoms with Crippen molar-refractivity contribution in [1.82, 2.24) is 4.57 Å². The molecule has 0 aliphatic heterocycles. The number of anilines is 1. The summed E-state index contributed by atoms with van der Waals surface area (Å²) in [6, 6.07) is 12.2. The molecule has 1 N–H and O–H groups in total. The minimum atomic E-state index is -3.73. The number of thiazole rings is 1. The molecule has 7 heteroatoms. The van der Waals surface area contributed by atoms with E-state index in [4.69, 9.17) is 0 Å². The average molecular weight is 377 g/mol. The lowest BCUT2D eigenvalue weighted by atomic mass is 10.0. The third-order valence-electron chi connectivity index (χ3n) is 4.09. The molecule has 3 aromatic rings. The summed E-state index contributed by atoms with van der Waals surface area (Å²) in [4.78, 5) is 12.0. The summed E-state index contributed by atoms with van der Waals surface area (Å²) in [6.45, 7) is 6.49. The molecule has 0 saturated carbocycles. The number of para-hydroxylation sites is 1. The highest BCUT2D eigenvalue weighted by atomic mass is 32.2. The molecule has 0 bridgehead atoms. The van der Waals surface area contributed by atoms with Crippen LogP contribution < -0.4 is 9.60 Å². The van der Waals surface area contributed by atoms with Gasteiger partial charge in [-0.3, -0.25) is 14.1 Å². The lowest BCUT2D eigenvalue weighted by molar-refractivity contribution is 0.601. The molecule has 0 aliphatic rings. The van der Waals surface area contributed by atoms with Gasteiger partial charge in [-0.15, -0.1) is 0 Å². The number of hydrogen-bond donors (Lipinski definition) is 1. The molecule has 0 saturated heterocycles. The monoisotopic (exact) mass is 376 g/mol. The van der Waals surface area contributed by atoms with Crippen molar-refractivity contribution < 1.29 is 8.42 Å². The maximum absolute atomic E-state index is 12.8. The van der Waals surface area contributed by atoms with Gasteiger partial charge in [-0.25, -0.2) is 8.42 Å². The van der Waals surface area contributed by atoms with Gasteiger partial charge in [0, 0.05) is 6.54 Å². The highest BCUT2D eigenvalue weighted by Gasteiger charge is 2.18. The van der Waals surface area contributed by atoms with Gasteiger partial charge in [0.2, 0.25) is 0 Å². The molecule has 1 aromatic heterocycles. The van der Waals surface area contributed by atoms with Gasteiger partial charge in [0.1, 0.15) is 0 Å². The van der Waals surface area contributed by atoms with Crippen molar-refractivity contribution in [3.8, 4) is 0 Å². The van der Waals surface area contributed by atoms with Crippen molar-refractivity contribution >= 4 is 37.3 Å². The first-order valence-corrected chi connectivity index (χ1v) is 10.4. The van der Waals surface area contributed by atoms with E-state index in [0.29, 0.717) is 16.9 Å². The van der Waals surface area contributed by atoms with Crippen LogP contribution in [-0.4, -0.2) is 13.0 Å². The zero-order valence-corrected chi connectivity index (χ0v) is 15.9. The molecular weight excluding hydrogens is 356 g/mol. The Balaban J connectivity index is 2.04. The number of rotatable bonds is 5. The summed E-state index contributed by atoms with van der Waals surface area (Å²) >= 11 is 1.06. The lowest BCUT2D eigenvalue weighted by Crippen LogP contribution is -2.14. The molecule has 25 heavy (non-hydrogen) atoms. The van der Waals surface area contributed by atoms with Crippen molar-refractivity contribution in [1.29, 1.82) is 0 Å². The van der Waals surface area contributed by atoms with Crippen LogP contribution in [0.25, 0.3) is 10.2 Å². The number of aromatic nitrogens is 1. The summed E-state index contributed by atoms with van der Waals surface area (Å²) in [5.41, 5.74) is 2.28. The number of fused-ring (bicyclic) bond motifs is 1. The highest BCUT2D eigenvalue weighted by molar-refractivity contribution is 7.92. The highest BCUT2D eigenvalue weighted by Crippen LogP contribution is 2.27. The van der Waals surface area contributed by atoms with Crippen molar-refractivity contribution in [2.24, 2.45) is 0 Å². The maximum atomic E-state index is 12.8. The second kappa shape index (κ2) is 6.65. The molecule has 5 nitrogen and oxygen atoms in total. The topological polar surface area (TPSA) is 68.2 Å². The van der Waals surface area contributed by atoms with Gasteiger partial charge in [0.15, 0.2) is 0 Å². The summed E-state index contributed by atoms with van der Waals surface area (Å²) in [6.07, 6.45) is 0. The summed E-state index contributed by atoms with van der Waals surface area (Å²) in [5.74, 6) is 0.199. The van der Waals surface area contributed by atoms with Crippen LogP contribution in [0.1, 0.15) is 32.3 Å². The van der Waals surface area contributed by atoms with Gasteiger partial charge in [0.05, 0.1) is 20.8 Å². The Labute approximate surface area is 151 Å². The molecule has 2 aromatic carbocycles. The van der Waals surface area contributed by atoms with Crippen LogP contribution in [0.2, 0.25) is 0 Å². The first-order chi connectivity index (χ1) is 11.8. The van der Waals surface area contributed by atoms with Crippen molar-refractivity contribution in [3.63, 3.8) is 0 Å². The molecule has 0 aliphatic carbocycles. The Bertz CT molecular complexity index is 1080. The van der Waals surface area contributed by atoms with E-state index in [1.54, 1.807) is 34.9 Å². The van der Waals surface area contributed by atoms with Crippen LogP contribution in [0.4, 0.5) is 5.69 Å². The number of nitrogens with zero attached hydrogens (tertiary/aromatic N) is 1. The number of hydrogen-bond acceptors (Lipinski definition) is 4. The minimum absolute atomic E-state index is 0.0786. The second-order valence-electron chi connectivity index (χ2n) is 6.09. The van der Waals surface area contributed by atoms with Gasteiger partial charge < -0.3 is 0 Å². The Hall–Kier alpha value is -2.12. The van der Waals surface area contributed by atoms with Crippen LogP contribution in [0.15, 0.2) is 52.2 Å². The predicted octanol–water partition coefficient (Wildman–Crippen LogP) is 4.01. The standard InChI is InChI=1S/C18H20N2O3S2/c1-4-20-16-10-9-13(11-17(16)24-18(20)21)25(22,23)19-15-8-6-5-7-14(15)12(2)3/h5-12,19H,4H2,1-3H3. The molecule has 132 valence electrons. The first-order valence-electron chi connectivity index (χ1n) is 8.08. The quantitative estimate of drug-likeness (QED) is 0.732. The fourth-order valence-electron chi connectivity index (χ4n) is 2.81. The van der Waals surface area contributed by atoms with Crippen LogP contribution in [0, 0.1) is 0 Å². The van der Waals surface area contributed by atoms with Crippen molar-refractivity contribution in [2.75, 3.05) is 4.72 Å². The zero-order chi connectivity index (χ0) is 18.2. The van der Waals surface area contributed by atoms with E-state index in [-0.39, 0.29) is 15.7 Å². The smallest absolute Gasteiger partial charge is 0.299 e. The number of nitrogens with one attached hydrogen (secondary N) is 1. The van der Waals surface area contributed by atoms with E-state index in [2.05, 4.69) is 4.72 Å². The second-order valence-corrected chi connectivity index (χ2v) is 8.76. The predicted molar refractivity (Wildman–Crippen MR) is 103 cm³/mol. The Morgan fingerprint density at radius 2 is 1.88 bits per heavy atom. The fourth-order valence-corrected chi connectivity index (χ4v) is 4.99. The Kier molecular flexibility index (Phi) is 4.71. The van der Waals surface area contributed by atoms with E-state index in [9.17, 15) is 13.2 Å². The molecule has 0 amide bonds. The van der Waals surface area contributed by atoms with Gasteiger partial charge in [-0.2, -0.15) is 0 Å². The average Bonchev–Trinajstić information content (AvgIpc) is 2.88. The van der Waals surface area contributed by atoms with E-state index in [1.165, 1.54) is 0 Å². The molecule has 0 atom stereocenters. The normalized spacial score (nSPS) is 12.0. The zero-order valence-electron chi connectivity index (χ0n) is 14.3. The molecule has 0 radical (unpaired) electrons. The fraction of sp³-hybridized carbons (Fsp3) is 0.278. The van der Waals surface area contributed by atoms with E-state index in [1.807, 2.05) is 32.9 Å². The van der Waals surface area contributed by atoms with Gasteiger partial charge in [-0.05, 0) is 42.7 Å². The number of aryl methyl sites for hydroxylation is 1. The van der Waals surface area contributed by atoms with Crippen molar-refractivity contribution in [3.05, 3.63) is 57.7 Å². The third-order valence-corrected chi connectivity index (χ3v) is 6.40. The first kappa shape index (κ1) is 17.7. The molecule has 3 rings (SSSR count). The lowest BCUT2D eigenvalue weighted by Gasteiger charge is -2.15.